The first-order valence-electron chi connectivity index (χ1n) is 6.46. The first kappa shape index (κ1) is 14.8. The predicted molar refractivity (Wildman–Crippen MR) is 79.1 cm³/mol. The Labute approximate surface area is 122 Å². The molecule has 0 aliphatic rings. The number of aromatic hydroxyl groups is 2. The first-order chi connectivity index (χ1) is 9.95. The molecule has 0 bridgehead atoms. The number of aryl methyl sites for hydroxylation is 1. The number of phenolic OH excluding ortho intramolecular Hbond substituents is 2. The van der Waals surface area contributed by atoms with Crippen LogP contribution in [0.25, 0.3) is 0 Å². The van der Waals surface area contributed by atoms with Crippen molar-refractivity contribution in [3.63, 3.8) is 0 Å². The lowest BCUT2D eigenvalue weighted by Gasteiger charge is -2.12. The lowest BCUT2D eigenvalue weighted by molar-refractivity contribution is -0.117. The van der Waals surface area contributed by atoms with E-state index in [4.69, 9.17) is 5.73 Å². The zero-order valence-electron chi connectivity index (χ0n) is 11.6. The zero-order valence-corrected chi connectivity index (χ0v) is 11.6. The number of phenols is 2. The fourth-order valence-corrected chi connectivity index (χ4v) is 1.87. The number of nitrogens with one attached hydrogen (secondary N) is 1. The van der Waals surface area contributed by atoms with Crippen molar-refractivity contribution in [3.05, 3.63) is 47.7 Å². The van der Waals surface area contributed by atoms with Gasteiger partial charge in [0.25, 0.3) is 0 Å². The van der Waals surface area contributed by atoms with Gasteiger partial charge in [-0.3, -0.25) is 4.79 Å². The summed E-state index contributed by atoms with van der Waals surface area (Å²) in [4.78, 5) is 16.2. The number of carbonyl (C=O) groups is 1. The third-order valence-electron chi connectivity index (χ3n) is 2.97. The van der Waals surface area contributed by atoms with Gasteiger partial charge in [-0.05, 0) is 43.2 Å². The molecule has 0 unspecified atom stereocenters. The number of hydrogen-bond donors (Lipinski definition) is 4. The summed E-state index contributed by atoms with van der Waals surface area (Å²) >= 11 is 0. The van der Waals surface area contributed by atoms with Crippen molar-refractivity contribution >= 4 is 11.7 Å². The summed E-state index contributed by atoms with van der Waals surface area (Å²) in [6.07, 6.45) is 0.242. The Bertz CT molecular complexity index is 658. The molecule has 2 aromatic rings. The van der Waals surface area contributed by atoms with E-state index in [2.05, 4.69) is 10.3 Å². The standard InChI is InChI=1S/C15H17N3O3/c1-9-3-2-4-14(17-9)18-15(21)11(16)7-10-5-6-12(19)13(20)8-10/h2-6,8,11,19-20H,7,16H2,1H3,(H,17,18,21)/t11-/m0/s1. The highest BCUT2D eigenvalue weighted by molar-refractivity contribution is 5.94. The van der Waals surface area contributed by atoms with Gasteiger partial charge in [0.15, 0.2) is 11.5 Å². The van der Waals surface area contributed by atoms with Gasteiger partial charge in [0, 0.05) is 5.69 Å². The molecule has 1 heterocycles. The lowest BCUT2D eigenvalue weighted by Crippen LogP contribution is -2.37. The summed E-state index contributed by atoms with van der Waals surface area (Å²) in [5.74, 6) is -0.356. The summed E-state index contributed by atoms with van der Waals surface area (Å²) in [6.45, 7) is 1.83. The van der Waals surface area contributed by atoms with Gasteiger partial charge in [-0.2, -0.15) is 0 Å². The average molecular weight is 287 g/mol. The highest BCUT2D eigenvalue weighted by atomic mass is 16.3. The topological polar surface area (TPSA) is 108 Å². The molecule has 0 saturated carbocycles. The van der Waals surface area contributed by atoms with Crippen LogP contribution < -0.4 is 11.1 Å². The Morgan fingerprint density at radius 2 is 2.05 bits per heavy atom. The van der Waals surface area contributed by atoms with E-state index < -0.39 is 6.04 Å². The van der Waals surface area contributed by atoms with Crippen LogP contribution in [0, 0.1) is 6.92 Å². The van der Waals surface area contributed by atoms with Crippen molar-refractivity contribution in [1.82, 2.24) is 4.98 Å². The van der Waals surface area contributed by atoms with Crippen molar-refractivity contribution in [1.29, 1.82) is 0 Å². The van der Waals surface area contributed by atoms with Gasteiger partial charge in [-0.15, -0.1) is 0 Å². The molecule has 1 aromatic heterocycles. The molecule has 6 heteroatoms. The highest BCUT2D eigenvalue weighted by Crippen LogP contribution is 2.25. The molecule has 0 aliphatic heterocycles. The maximum atomic E-state index is 12.0. The number of anilines is 1. The molecule has 0 saturated heterocycles. The number of carbonyl (C=O) groups excluding carboxylic acids is 1. The van der Waals surface area contributed by atoms with Crippen LogP contribution in [0.4, 0.5) is 5.82 Å². The summed E-state index contributed by atoms with van der Waals surface area (Å²) in [5, 5.41) is 21.3. The lowest BCUT2D eigenvalue weighted by atomic mass is 10.1. The van der Waals surface area contributed by atoms with Gasteiger partial charge in [-0.1, -0.05) is 12.1 Å². The van der Waals surface area contributed by atoms with Crippen molar-refractivity contribution in [2.24, 2.45) is 5.73 Å². The van der Waals surface area contributed by atoms with Crippen molar-refractivity contribution in [2.75, 3.05) is 5.32 Å². The number of benzene rings is 1. The molecule has 0 spiro atoms. The normalized spacial score (nSPS) is 11.9. The van der Waals surface area contributed by atoms with Gasteiger partial charge in [-0.25, -0.2) is 4.98 Å². The first-order valence-corrected chi connectivity index (χ1v) is 6.46. The van der Waals surface area contributed by atoms with Gasteiger partial charge in [0.2, 0.25) is 5.91 Å². The Morgan fingerprint density at radius 3 is 2.71 bits per heavy atom. The zero-order chi connectivity index (χ0) is 15.4. The van der Waals surface area contributed by atoms with Gasteiger partial charge >= 0.3 is 0 Å². The highest BCUT2D eigenvalue weighted by Gasteiger charge is 2.15. The fourth-order valence-electron chi connectivity index (χ4n) is 1.87. The Morgan fingerprint density at radius 1 is 1.29 bits per heavy atom. The smallest absolute Gasteiger partial charge is 0.242 e. The maximum Gasteiger partial charge on any atom is 0.242 e. The molecule has 0 aliphatic carbocycles. The van der Waals surface area contributed by atoms with Crippen LogP contribution in [0.15, 0.2) is 36.4 Å². The number of rotatable bonds is 4. The van der Waals surface area contributed by atoms with Gasteiger partial charge in [0.1, 0.15) is 5.82 Å². The third kappa shape index (κ3) is 3.93. The molecule has 1 atom stereocenters. The molecular formula is C15H17N3O3. The second-order valence-corrected chi connectivity index (χ2v) is 4.79. The van der Waals surface area contributed by atoms with E-state index in [0.29, 0.717) is 11.4 Å². The second kappa shape index (κ2) is 6.23. The average Bonchev–Trinajstić information content (AvgIpc) is 2.43. The summed E-state index contributed by atoms with van der Waals surface area (Å²) < 4.78 is 0. The monoisotopic (exact) mass is 287 g/mol. The van der Waals surface area contributed by atoms with E-state index in [-0.39, 0.29) is 23.8 Å². The molecular weight excluding hydrogens is 270 g/mol. The molecule has 6 nitrogen and oxygen atoms in total. The van der Waals surface area contributed by atoms with Crippen LogP contribution in [0.5, 0.6) is 11.5 Å². The molecule has 2 rings (SSSR count). The van der Waals surface area contributed by atoms with Crippen LogP contribution in [0.2, 0.25) is 0 Å². The molecule has 110 valence electrons. The van der Waals surface area contributed by atoms with E-state index in [1.165, 1.54) is 12.1 Å². The molecule has 0 fully saturated rings. The van der Waals surface area contributed by atoms with Crippen LogP contribution in [-0.2, 0) is 11.2 Å². The second-order valence-electron chi connectivity index (χ2n) is 4.79. The van der Waals surface area contributed by atoms with Crippen molar-refractivity contribution in [3.8, 4) is 11.5 Å². The minimum Gasteiger partial charge on any atom is -0.504 e. The molecule has 1 amide bonds. The fraction of sp³-hybridized carbons (Fsp3) is 0.200. The van der Waals surface area contributed by atoms with Crippen molar-refractivity contribution < 1.29 is 15.0 Å². The molecule has 21 heavy (non-hydrogen) atoms. The minimum absolute atomic E-state index is 0.208. The number of amides is 1. The summed E-state index contributed by atoms with van der Waals surface area (Å²) in [7, 11) is 0. The van der Waals surface area contributed by atoms with Crippen LogP contribution in [0.3, 0.4) is 0 Å². The van der Waals surface area contributed by atoms with E-state index >= 15 is 0 Å². The SMILES string of the molecule is Cc1cccc(NC(=O)[C@@H](N)Cc2ccc(O)c(O)c2)n1. The van der Waals surface area contributed by atoms with E-state index in [1.54, 1.807) is 18.2 Å². The molecule has 1 aromatic carbocycles. The van der Waals surface area contributed by atoms with Gasteiger partial charge in [0.05, 0.1) is 6.04 Å². The summed E-state index contributed by atoms with van der Waals surface area (Å²) in [5.41, 5.74) is 7.29. The Balaban J connectivity index is 2.00. The van der Waals surface area contributed by atoms with Crippen LogP contribution >= 0.6 is 0 Å². The van der Waals surface area contributed by atoms with E-state index in [9.17, 15) is 15.0 Å². The largest absolute Gasteiger partial charge is 0.504 e. The number of pyridine rings is 1. The molecule has 5 N–H and O–H groups in total. The predicted octanol–water partition coefficient (Wildman–Crippen LogP) is 1.31. The summed E-state index contributed by atoms with van der Waals surface area (Å²) in [6, 6.07) is 8.87. The number of aromatic nitrogens is 1. The van der Waals surface area contributed by atoms with Crippen LogP contribution in [0.1, 0.15) is 11.3 Å². The molecule has 0 radical (unpaired) electrons. The number of hydrogen-bond acceptors (Lipinski definition) is 5. The van der Waals surface area contributed by atoms with Crippen molar-refractivity contribution in [2.45, 2.75) is 19.4 Å². The number of nitrogens with two attached hydrogens (primary N) is 1. The quantitative estimate of drug-likeness (QED) is 0.634. The minimum atomic E-state index is -0.781. The maximum absolute atomic E-state index is 12.0. The van der Waals surface area contributed by atoms with E-state index in [0.717, 1.165) is 5.69 Å². The van der Waals surface area contributed by atoms with Gasteiger partial charge < -0.3 is 21.3 Å². The van der Waals surface area contributed by atoms with E-state index in [1.807, 2.05) is 13.0 Å². The Kier molecular flexibility index (Phi) is 4.39. The third-order valence-corrected chi connectivity index (χ3v) is 2.97. The van der Waals surface area contributed by atoms with Crippen LogP contribution in [-0.4, -0.2) is 27.1 Å². The number of nitrogens with zero attached hydrogens (tertiary/aromatic N) is 1. The Hall–Kier alpha value is -2.60.